The Morgan fingerprint density at radius 2 is 1.58 bits per heavy atom. The minimum atomic E-state index is -1.16. The average Bonchev–Trinajstić information content (AvgIpc) is 3.00. The van der Waals surface area contributed by atoms with E-state index in [1.54, 1.807) is 13.8 Å². The zero-order valence-electron chi connectivity index (χ0n) is 17.1. The zero-order valence-corrected chi connectivity index (χ0v) is 17.1. The van der Waals surface area contributed by atoms with Crippen LogP contribution in [0.1, 0.15) is 79.6 Å². The number of hydrogen-bond donors (Lipinski definition) is 0. The van der Waals surface area contributed by atoms with Crippen LogP contribution in [-0.4, -0.2) is 25.2 Å². The van der Waals surface area contributed by atoms with E-state index in [1.165, 1.54) is 22.3 Å². The van der Waals surface area contributed by atoms with Crippen molar-refractivity contribution in [2.75, 3.05) is 13.2 Å². The number of hydrogen-bond acceptors (Lipinski definition) is 4. The van der Waals surface area contributed by atoms with Gasteiger partial charge in [0.2, 0.25) is 0 Å². The van der Waals surface area contributed by atoms with E-state index < -0.39 is 17.4 Å². The second kappa shape index (κ2) is 8.88. The summed E-state index contributed by atoms with van der Waals surface area (Å²) in [5, 5.41) is 0. The van der Waals surface area contributed by atoms with E-state index in [0.29, 0.717) is 12.8 Å². The summed E-state index contributed by atoms with van der Waals surface area (Å²) in [6.45, 7) is 10.7. The molecule has 2 aliphatic rings. The van der Waals surface area contributed by atoms with Gasteiger partial charge in [0.05, 0.1) is 13.2 Å². The molecule has 0 aromatic heterocycles. The van der Waals surface area contributed by atoms with Crippen molar-refractivity contribution >= 4 is 11.9 Å². The normalized spacial score (nSPS) is 21.7. The van der Waals surface area contributed by atoms with Crippen molar-refractivity contribution < 1.29 is 19.1 Å². The minimum Gasteiger partial charge on any atom is -0.465 e. The Balaban J connectivity index is 2.42. The molecule has 146 valence electrons. The highest BCUT2D eigenvalue weighted by atomic mass is 16.6. The summed E-state index contributed by atoms with van der Waals surface area (Å²) in [5.74, 6) is -0.574. The summed E-state index contributed by atoms with van der Waals surface area (Å²) in [5.41, 5.74) is 4.40. The van der Waals surface area contributed by atoms with Crippen LogP contribution >= 0.6 is 0 Å². The molecule has 0 aliphatic heterocycles. The first-order chi connectivity index (χ1) is 12.4. The fourth-order valence-electron chi connectivity index (χ4n) is 4.70. The SMILES string of the molecule is CCCC1=C(CCC)C(C)=C2CC(C(=O)OCC)(C(=O)OCC)CC2C1. The quantitative estimate of drug-likeness (QED) is 0.444. The lowest BCUT2D eigenvalue weighted by Gasteiger charge is -2.27. The molecule has 1 unspecified atom stereocenters. The van der Waals surface area contributed by atoms with Crippen molar-refractivity contribution in [2.45, 2.75) is 79.6 Å². The topological polar surface area (TPSA) is 52.6 Å². The van der Waals surface area contributed by atoms with Crippen molar-refractivity contribution in [1.82, 2.24) is 0 Å². The van der Waals surface area contributed by atoms with E-state index in [1.807, 2.05) is 0 Å². The van der Waals surface area contributed by atoms with E-state index in [2.05, 4.69) is 20.8 Å². The lowest BCUT2D eigenvalue weighted by molar-refractivity contribution is -0.171. The summed E-state index contributed by atoms with van der Waals surface area (Å²) >= 11 is 0. The molecule has 4 heteroatoms. The Bertz CT molecular complexity index is 594. The number of esters is 2. The molecule has 0 spiro atoms. The van der Waals surface area contributed by atoms with Gasteiger partial charge in [-0.2, -0.15) is 0 Å². The van der Waals surface area contributed by atoms with Gasteiger partial charge in [0.1, 0.15) is 0 Å². The number of carbonyl (C=O) groups excluding carboxylic acids is 2. The molecular formula is C22H34O4. The number of fused-ring (bicyclic) bond motifs is 1. The number of carbonyl (C=O) groups is 2. The van der Waals surface area contributed by atoms with Crippen LogP contribution in [0, 0.1) is 11.3 Å². The maximum Gasteiger partial charge on any atom is 0.323 e. The van der Waals surface area contributed by atoms with E-state index in [9.17, 15) is 9.59 Å². The zero-order chi connectivity index (χ0) is 19.3. The highest BCUT2D eigenvalue weighted by molar-refractivity contribution is 6.01. The molecule has 0 radical (unpaired) electrons. The number of rotatable bonds is 8. The molecule has 4 nitrogen and oxygen atoms in total. The molecule has 0 heterocycles. The largest absolute Gasteiger partial charge is 0.465 e. The van der Waals surface area contributed by atoms with Gasteiger partial charge in [-0.05, 0) is 69.9 Å². The third kappa shape index (κ3) is 3.74. The predicted molar refractivity (Wildman–Crippen MR) is 103 cm³/mol. The number of allylic oxidation sites excluding steroid dienone is 4. The van der Waals surface area contributed by atoms with E-state index in [4.69, 9.17) is 9.47 Å². The minimum absolute atomic E-state index is 0.256. The van der Waals surface area contributed by atoms with Crippen LogP contribution < -0.4 is 0 Å². The summed E-state index contributed by atoms with van der Waals surface area (Å²) in [6, 6.07) is 0. The first-order valence-electron chi connectivity index (χ1n) is 10.2. The van der Waals surface area contributed by atoms with E-state index in [-0.39, 0.29) is 19.1 Å². The smallest absolute Gasteiger partial charge is 0.323 e. The molecule has 26 heavy (non-hydrogen) atoms. The van der Waals surface area contributed by atoms with E-state index >= 15 is 0 Å². The summed E-state index contributed by atoms with van der Waals surface area (Å²) in [4.78, 5) is 25.6. The third-order valence-corrected chi connectivity index (χ3v) is 5.82. The van der Waals surface area contributed by atoms with Gasteiger partial charge in [0.15, 0.2) is 5.41 Å². The van der Waals surface area contributed by atoms with Gasteiger partial charge in [-0.1, -0.05) is 37.8 Å². The molecule has 0 saturated heterocycles. The van der Waals surface area contributed by atoms with Gasteiger partial charge in [0, 0.05) is 0 Å². The summed E-state index contributed by atoms with van der Waals surface area (Å²) < 4.78 is 10.6. The van der Waals surface area contributed by atoms with Gasteiger partial charge in [-0.15, -0.1) is 0 Å². The molecule has 0 amide bonds. The monoisotopic (exact) mass is 362 g/mol. The fourth-order valence-corrected chi connectivity index (χ4v) is 4.70. The first kappa shape index (κ1) is 20.7. The van der Waals surface area contributed by atoms with Gasteiger partial charge in [-0.3, -0.25) is 9.59 Å². The van der Waals surface area contributed by atoms with Gasteiger partial charge in [0.25, 0.3) is 0 Å². The Morgan fingerprint density at radius 3 is 2.08 bits per heavy atom. The molecule has 2 rings (SSSR count). The third-order valence-electron chi connectivity index (χ3n) is 5.82. The Hall–Kier alpha value is -1.58. The van der Waals surface area contributed by atoms with Crippen molar-refractivity contribution in [3.05, 3.63) is 22.3 Å². The first-order valence-corrected chi connectivity index (χ1v) is 10.2. The van der Waals surface area contributed by atoms with Crippen molar-refractivity contribution in [3.8, 4) is 0 Å². The molecule has 0 aromatic carbocycles. The maximum absolute atomic E-state index is 12.8. The molecule has 2 aliphatic carbocycles. The van der Waals surface area contributed by atoms with Gasteiger partial charge < -0.3 is 9.47 Å². The second-order valence-electron chi connectivity index (χ2n) is 7.54. The van der Waals surface area contributed by atoms with Crippen LogP contribution in [0.25, 0.3) is 0 Å². The molecule has 0 bridgehead atoms. The van der Waals surface area contributed by atoms with Crippen molar-refractivity contribution in [3.63, 3.8) is 0 Å². The van der Waals surface area contributed by atoms with Crippen LogP contribution in [0.5, 0.6) is 0 Å². The molecule has 1 saturated carbocycles. The summed E-state index contributed by atoms with van der Waals surface area (Å²) in [6.07, 6.45) is 6.34. The van der Waals surface area contributed by atoms with Gasteiger partial charge >= 0.3 is 11.9 Å². The number of ether oxygens (including phenoxy) is 2. The van der Waals surface area contributed by atoms with Crippen molar-refractivity contribution in [1.29, 1.82) is 0 Å². The van der Waals surface area contributed by atoms with Crippen LogP contribution in [0.2, 0.25) is 0 Å². The lowest BCUT2D eigenvalue weighted by atomic mass is 9.78. The Labute approximate surface area is 158 Å². The maximum atomic E-state index is 12.8. The molecular weight excluding hydrogens is 328 g/mol. The molecule has 1 atom stereocenters. The molecule has 0 aromatic rings. The van der Waals surface area contributed by atoms with E-state index in [0.717, 1.165) is 32.1 Å². The summed E-state index contributed by atoms with van der Waals surface area (Å²) in [7, 11) is 0. The second-order valence-corrected chi connectivity index (χ2v) is 7.54. The van der Waals surface area contributed by atoms with Crippen LogP contribution in [-0.2, 0) is 19.1 Å². The standard InChI is InChI=1S/C22H34O4/c1-6-10-16-12-17-13-22(20(23)25-8-3,21(24)26-9-4)14-19(17)15(5)18(16)11-7-2/h17H,6-14H2,1-5H3. The van der Waals surface area contributed by atoms with Crippen molar-refractivity contribution in [2.24, 2.45) is 11.3 Å². The molecule has 1 fully saturated rings. The average molecular weight is 363 g/mol. The van der Waals surface area contributed by atoms with Gasteiger partial charge in [-0.25, -0.2) is 0 Å². The Morgan fingerprint density at radius 1 is 1.00 bits per heavy atom. The van der Waals surface area contributed by atoms with Crippen LogP contribution in [0.4, 0.5) is 0 Å². The van der Waals surface area contributed by atoms with Crippen LogP contribution in [0.3, 0.4) is 0 Å². The van der Waals surface area contributed by atoms with Crippen LogP contribution in [0.15, 0.2) is 22.3 Å². The lowest BCUT2D eigenvalue weighted by Crippen LogP contribution is -2.40. The highest BCUT2D eigenvalue weighted by Gasteiger charge is 2.56. The predicted octanol–water partition coefficient (Wildman–Crippen LogP) is 5.13. The Kier molecular flexibility index (Phi) is 7.08. The fraction of sp³-hybridized carbons (Fsp3) is 0.727. The molecule has 0 N–H and O–H groups in total. The highest BCUT2D eigenvalue weighted by Crippen LogP contribution is 2.54.